The molecule has 1 aromatic heterocycles. The van der Waals surface area contributed by atoms with E-state index in [-0.39, 0.29) is 30.7 Å². The number of halogens is 2. The molecule has 1 aromatic carbocycles. The predicted molar refractivity (Wildman–Crippen MR) is 113 cm³/mol. The second kappa shape index (κ2) is 10.8. The molecule has 1 atom stereocenters. The molecular weight excluding hydrogens is 391 g/mol. The van der Waals surface area contributed by atoms with Crippen LogP contribution in [0.1, 0.15) is 30.2 Å². The third-order valence-corrected chi connectivity index (χ3v) is 5.05. The first-order valence-corrected chi connectivity index (χ1v) is 9.24. The topological polar surface area (TPSA) is 71.2 Å². The zero-order valence-electron chi connectivity index (χ0n) is 14.8. The number of thiazole rings is 1. The van der Waals surface area contributed by atoms with Gasteiger partial charge in [-0.2, -0.15) is 0 Å². The van der Waals surface area contributed by atoms with Gasteiger partial charge in [-0.1, -0.05) is 24.3 Å². The maximum absolute atomic E-state index is 11.0. The minimum atomic E-state index is -0.0783. The van der Waals surface area contributed by atoms with Crippen molar-refractivity contribution in [2.75, 3.05) is 18.4 Å². The Kier molecular flexibility index (Phi) is 9.54. The molecule has 8 heteroatoms. The fraction of sp³-hybridized carbons (Fsp3) is 0.444. The number of nitrogens with one attached hydrogen (secondary N) is 1. The highest BCUT2D eigenvalue weighted by Gasteiger charge is 2.18. The maximum atomic E-state index is 11.0. The highest BCUT2D eigenvalue weighted by Crippen LogP contribution is 2.18. The van der Waals surface area contributed by atoms with E-state index in [0.29, 0.717) is 11.2 Å². The Hall–Kier alpha value is -1.18. The van der Waals surface area contributed by atoms with Crippen LogP contribution in [0.4, 0.5) is 5.13 Å². The molecule has 0 radical (unpaired) electrons. The summed E-state index contributed by atoms with van der Waals surface area (Å²) < 4.78 is 0. The largest absolute Gasteiger partial charge is 0.326 e. The third kappa shape index (κ3) is 6.85. The number of benzene rings is 1. The molecule has 2 aromatic rings. The lowest BCUT2D eigenvalue weighted by Crippen LogP contribution is -2.26. The van der Waals surface area contributed by atoms with Crippen molar-refractivity contribution >= 4 is 47.2 Å². The van der Waals surface area contributed by atoms with Gasteiger partial charge < -0.3 is 11.1 Å². The van der Waals surface area contributed by atoms with E-state index in [0.717, 1.165) is 44.6 Å². The first-order chi connectivity index (χ1) is 11.6. The number of aromatic nitrogens is 1. The molecule has 0 bridgehead atoms. The molecule has 3 rings (SSSR count). The minimum absolute atomic E-state index is 0. The number of nitrogens with two attached hydrogens (primary N) is 1. The number of carbonyl (C=O) groups is 1. The van der Waals surface area contributed by atoms with Crippen LogP contribution in [0.2, 0.25) is 0 Å². The van der Waals surface area contributed by atoms with Gasteiger partial charge in [-0.15, -0.1) is 36.2 Å². The maximum Gasteiger partial charge on any atom is 0.223 e. The van der Waals surface area contributed by atoms with Crippen LogP contribution >= 0.6 is 36.2 Å². The van der Waals surface area contributed by atoms with Crippen LogP contribution in [-0.2, 0) is 24.2 Å². The van der Waals surface area contributed by atoms with Gasteiger partial charge in [0.1, 0.15) is 0 Å². The van der Waals surface area contributed by atoms with E-state index in [9.17, 15) is 4.79 Å². The van der Waals surface area contributed by atoms with Crippen LogP contribution in [-0.4, -0.2) is 34.9 Å². The molecule has 3 N–H and O–H groups in total. The van der Waals surface area contributed by atoms with E-state index in [1.807, 2.05) is 5.38 Å². The van der Waals surface area contributed by atoms with Gasteiger partial charge in [0.25, 0.3) is 0 Å². The van der Waals surface area contributed by atoms with Crippen molar-refractivity contribution < 1.29 is 4.79 Å². The Bertz CT molecular complexity index is 693. The summed E-state index contributed by atoms with van der Waals surface area (Å²) in [5.41, 5.74) is 9.64. The van der Waals surface area contributed by atoms with Crippen LogP contribution in [0.25, 0.3) is 0 Å². The summed E-state index contributed by atoms with van der Waals surface area (Å²) >= 11 is 1.47. The number of rotatable bonds is 6. The Balaban J connectivity index is 0.00000169. The number of aryl methyl sites for hydroxylation is 2. The van der Waals surface area contributed by atoms with Gasteiger partial charge >= 0.3 is 0 Å². The molecule has 2 heterocycles. The predicted octanol–water partition coefficient (Wildman–Crippen LogP) is 3.26. The molecule has 0 saturated carbocycles. The fourth-order valence-electron chi connectivity index (χ4n) is 2.98. The van der Waals surface area contributed by atoms with Crippen molar-refractivity contribution in [1.29, 1.82) is 0 Å². The number of hydrogen-bond donors (Lipinski definition) is 2. The lowest BCUT2D eigenvalue weighted by Gasteiger charge is -2.15. The zero-order valence-corrected chi connectivity index (χ0v) is 17.3. The van der Waals surface area contributed by atoms with Gasteiger partial charge in [0.05, 0.1) is 5.69 Å². The van der Waals surface area contributed by atoms with E-state index in [1.54, 1.807) is 0 Å². The quantitative estimate of drug-likeness (QED) is 0.757. The molecule has 1 aliphatic rings. The summed E-state index contributed by atoms with van der Waals surface area (Å²) in [5.74, 6) is -0.0783. The summed E-state index contributed by atoms with van der Waals surface area (Å²) in [6.45, 7) is 4.59. The molecule has 5 nitrogen and oxygen atoms in total. The van der Waals surface area contributed by atoms with Gasteiger partial charge in [0.15, 0.2) is 5.13 Å². The number of anilines is 1. The summed E-state index contributed by atoms with van der Waals surface area (Å²) in [4.78, 5) is 17.9. The van der Waals surface area contributed by atoms with Crippen molar-refractivity contribution in [1.82, 2.24) is 9.88 Å². The van der Waals surface area contributed by atoms with Crippen LogP contribution < -0.4 is 11.1 Å². The normalized spacial score (nSPS) is 16.6. The number of hydrogen-bond acceptors (Lipinski definition) is 5. The Labute approximate surface area is 171 Å². The molecule has 1 amide bonds. The Morgan fingerprint density at radius 3 is 2.58 bits per heavy atom. The number of likely N-dealkylation sites (tertiary alicyclic amines) is 1. The van der Waals surface area contributed by atoms with E-state index in [1.165, 1.54) is 29.4 Å². The van der Waals surface area contributed by atoms with Crippen LogP contribution in [0.3, 0.4) is 0 Å². The first-order valence-electron chi connectivity index (χ1n) is 8.36. The number of nitrogens with zero attached hydrogens (tertiary/aromatic N) is 2. The SMILES string of the molecule is CC(=O)Nc1nc(CCc2ccc(CN3CCC(N)C3)cc2)cs1.Cl.Cl. The molecule has 1 saturated heterocycles. The summed E-state index contributed by atoms with van der Waals surface area (Å²) in [7, 11) is 0. The van der Waals surface area contributed by atoms with E-state index in [2.05, 4.69) is 39.5 Å². The first kappa shape index (κ1) is 22.9. The van der Waals surface area contributed by atoms with Crippen molar-refractivity contribution in [3.63, 3.8) is 0 Å². The zero-order chi connectivity index (χ0) is 16.9. The number of amides is 1. The average molecular weight is 417 g/mol. The molecule has 0 aliphatic carbocycles. The molecular formula is C18H26Cl2N4OS. The lowest BCUT2D eigenvalue weighted by atomic mass is 10.1. The summed E-state index contributed by atoms with van der Waals surface area (Å²) in [5, 5.41) is 5.41. The summed E-state index contributed by atoms with van der Waals surface area (Å²) in [6.07, 6.45) is 2.95. The second-order valence-corrected chi connectivity index (χ2v) is 7.28. The van der Waals surface area contributed by atoms with Crippen molar-refractivity contribution in [3.8, 4) is 0 Å². The van der Waals surface area contributed by atoms with Gasteiger partial charge in [-0.25, -0.2) is 4.98 Å². The Morgan fingerprint density at radius 2 is 1.96 bits per heavy atom. The fourth-order valence-corrected chi connectivity index (χ4v) is 3.77. The van der Waals surface area contributed by atoms with Crippen LogP contribution in [0, 0.1) is 0 Å². The van der Waals surface area contributed by atoms with Crippen LogP contribution in [0.15, 0.2) is 29.6 Å². The monoisotopic (exact) mass is 416 g/mol. The Morgan fingerprint density at radius 1 is 1.27 bits per heavy atom. The highest BCUT2D eigenvalue weighted by molar-refractivity contribution is 7.13. The second-order valence-electron chi connectivity index (χ2n) is 6.43. The van der Waals surface area contributed by atoms with Gasteiger partial charge in [0, 0.05) is 38.0 Å². The lowest BCUT2D eigenvalue weighted by molar-refractivity contribution is -0.114. The van der Waals surface area contributed by atoms with E-state index in [4.69, 9.17) is 5.73 Å². The molecule has 1 unspecified atom stereocenters. The molecule has 26 heavy (non-hydrogen) atoms. The van der Waals surface area contributed by atoms with Gasteiger partial charge in [-0.3, -0.25) is 9.69 Å². The highest BCUT2D eigenvalue weighted by atomic mass is 35.5. The molecule has 144 valence electrons. The van der Waals surface area contributed by atoms with E-state index >= 15 is 0 Å². The molecule has 1 fully saturated rings. The summed E-state index contributed by atoms with van der Waals surface area (Å²) in [6, 6.07) is 9.16. The molecule has 1 aliphatic heterocycles. The minimum Gasteiger partial charge on any atom is -0.326 e. The van der Waals surface area contributed by atoms with Crippen molar-refractivity contribution in [2.45, 2.75) is 38.8 Å². The van der Waals surface area contributed by atoms with Crippen molar-refractivity contribution in [2.24, 2.45) is 5.73 Å². The van der Waals surface area contributed by atoms with Gasteiger partial charge in [0.2, 0.25) is 5.91 Å². The van der Waals surface area contributed by atoms with E-state index < -0.39 is 0 Å². The molecule has 0 spiro atoms. The standard InChI is InChI=1S/C18H24N4OS.2ClH/c1-13(23)20-18-21-17(12-24-18)7-6-14-2-4-15(5-3-14)10-22-9-8-16(19)11-22;;/h2-5,12,16H,6-11,19H2,1H3,(H,20,21,23);2*1H. The van der Waals surface area contributed by atoms with Crippen LogP contribution in [0.5, 0.6) is 0 Å². The number of carbonyl (C=O) groups excluding carboxylic acids is 1. The van der Waals surface area contributed by atoms with Gasteiger partial charge in [-0.05, 0) is 30.4 Å². The third-order valence-electron chi connectivity index (χ3n) is 4.24. The average Bonchev–Trinajstić information content (AvgIpc) is 3.15. The van der Waals surface area contributed by atoms with Crippen molar-refractivity contribution in [3.05, 3.63) is 46.5 Å². The smallest absolute Gasteiger partial charge is 0.223 e.